The monoisotopic (exact) mass is 598 g/mol. The number of phenolic OH excluding ortho intramolecular Hbond substituents is 1. The molecule has 1 aliphatic heterocycles. The van der Waals surface area contributed by atoms with Crippen LogP contribution in [0, 0.1) is 17.8 Å². The summed E-state index contributed by atoms with van der Waals surface area (Å²) in [4.78, 5) is 43.2. The lowest BCUT2D eigenvalue weighted by molar-refractivity contribution is -0.137. The fraction of sp³-hybridized carbons (Fsp3) is 0.379. The number of aliphatic hydroxyl groups excluding tert-OH is 2. The average Bonchev–Trinajstić information content (AvgIpc) is 3.20. The molecule has 0 radical (unpaired) electrons. The Bertz CT molecular complexity index is 1320. The maximum Gasteiger partial charge on any atom is 0.423 e. The molecule has 3 N–H and O–H groups in total. The number of methoxy groups -OCH3 is 1. The zero-order valence-corrected chi connectivity index (χ0v) is 23.3. The van der Waals surface area contributed by atoms with Crippen LogP contribution in [-0.4, -0.2) is 62.9 Å². The molecule has 4 atom stereocenters. The number of hydrogen-bond donors (Lipinski definition) is 3. The van der Waals surface area contributed by atoms with Gasteiger partial charge in [0.15, 0.2) is 0 Å². The molecule has 0 saturated carbocycles. The summed E-state index contributed by atoms with van der Waals surface area (Å²) in [5.74, 6) is -3.80. The van der Waals surface area contributed by atoms with E-state index in [9.17, 15) is 29.7 Å². The Kier molecular flexibility index (Phi) is 8.99. The number of phenols is 1. The number of rotatable bonds is 8. The number of likely N-dealkylation sites (tertiary alicyclic amines) is 1. The predicted molar refractivity (Wildman–Crippen MR) is 147 cm³/mol. The highest BCUT2D eigenvalue weighted by Crippen LogP contribution is 2.47. The van der Waals surface area contributed by atoms with E-state index in [0.29, 0.717) is 34.6 Å². The van der Waals surface area contributed by atoms with E-state index in [2.05, 4.69) is 25.7 Å². The van der Waals surface area contributed by atoms with Gasteiger partial charge in [0.1, 0.15) is 5.75 Å². The van der Waals surface area contributed by atoms with Crippen molar-refractivity contribution < 1.29 is 34.4 Å². The molecule has 0 bridgehead atoms. The van der Waals surface area contributed by atoms with Crippen LogP contribution >= 0.6 is 15.9 Å². The van der Waals surface area contributed by atoms with Crippen LogP contribution in [-0.2, 0) is 14.3 Å². The molecule has 1 aromatic carbocycles. The van der Waals surface area contributed by atoms with E-state index in [0.717, 1.165) is 22.7 Å². The number of ether oxygens (including phenoxy) is 1. The molecule has 1 aromatic heterocycles. The molecule has 10 heteroatoms. The molecular formula is C29H31BrN2O7. The maximum absolute atomic E-state index is 13.1. The number of nitrogens with zero attached hydrogens (tertiary/aromatic N) is 2. The van der Waals surface area contributed by atoms with Gasteiger partial charge in [-0.1, -0.05) is 34.5 Å². The lowest BCUT2D eigenvalue weighted by Crippen LogP contribution is -2.40. The average molecular weight is 599 g/mol. The van der Waals surface area contributed by atoms with Crippen molar-refractivity contribution in [3.05, 3.63) is 69.5 Å². The molecule has 1 aliphatic carbocycles. The van der Waals surface area contributed by atoms with E-state index in [-0.39, 0.29) is 18.6 Å². The van der Waals surface area contributed by atoms with E-state index >= 15 is 0 Å². The van der Waals surface area contributed by atoms with Gasteiger partial charge in [0.2, 0.25) is 11.8 Å². The summed E-state index contributed by atoms with van der Waals surface area (Å²) in [6.07, 6.45) is 2.77. The number of benzene rings is 1. The molecule has 0 spiro atoms. The number of aliphatic hydroxyl groups is 2. The largest absolute Gasteiger partial charge is 0.507 e. The van der Waals surface area contributed by atoms with Crippen molar-refractivity contribution in [2.24, 2.45) is 17.8 Å². The summed E-state index contributed by atoms with van der Waals surface area (Å²) in [5, 5.41) is 32.2. The first-order valence-electron chi connectivity index (χ1n) is 12.8. The van der Waals surface area contributed by atoms with Gasteiger partial charge < -0.3 is 20.1 Å². The number of pyridine rings is 1. The van der Waals surface area contributed by atoms with Gasteiger partial charge in [-0.05, 0) is 73.2 Å². The minimum Gasteiger partial charge on any atom is -0.507 e. The lowest BCUT2D eigenvalue weighted by atomic mass is 9.67. The maximum atomic E-state index is 13.1. The minimum absolute atomic E-state index is 0.0985. The Morgan fingerprint density at radius 3 is 2.67 bits per heavy atom. The number of halogens is 1. The number of aromatic nitrogens is 1. The molecule has 1 fully saturated rings. The molecular weight excluding hydrogens is 568 g/mol. The second-order valence-corrected chi connectivity index (χ2v) is 10.6. The van der Waals surface area contributed by atoms with Gasteiger partial charge in [0, 0.05) is 22.2 Å². The number of hydrogen-bond acceptors (Lipinski definition) is 8. The standard InChI is InChI=1S/C29H31BrN2O7/c1-3-16-14-20-26(28(37)32(27(20)36)29(38)39-2)21(15-33)25(16)24(35)9-7-17(22-6-4-5-11-31-22)12-18-13-19(30)8-10-23(18)34/h4-6,8,10-13,20-21,24,26,33-35H,3,7,9,14-15H2,1-2H3/b17-12-/t20-,21+,24-,26-/m1/s1. The molecule has 2 aliphatic rings. The van der Waals surface area contributed by atoms with Crippen molar-refractivity contribution in [1.29, 1.82) is 0 Å². The Morgan fingerprint density at radius 2 is 2.03 bits per heavy atom. The highest BCUT2D eigenvalue weighted by Gasteiger charge is 2.57. The van der Waals surface area contributed by atoms with Gasteiger partial charge in [-0.2, -0.15) is 4.90 Å². The fourth-order valence-corrected chi connectivity index (χ4v) is 6.05. The van der Waals surface area contributed by atoms with Crippen LogP contribution in [0.4, 0.5) is 4.79 Å². The summed E-state index contributed by atoms with van der Waals surface area (Å²) < 4.78 is 5.43. The van der Waals surface area contributed by atoms with Crippen LogP contribution in [0.3, 0.4) is 0 Å². The number of fused-ring (bicyclic) bond motifs is 1. The lowest BCUT2D eigenvalue weighted by Gasteiger charge is -2.36. The zero-order valence-electron chi connectivity index (χ0n) is 21.7. The highest BCUT2D eigenvalue weighted by atomic mass is 79.9. The van der Waals surface area contributed by atoms with Gasteiger partial charge in [-0.25, -0.2) is 4.79 Å². The smallest absolute Gasteiger partial charge is 0.423 e. The van der Waals surface area contributed by atoms with Crippen molar-refractivity contribution in [3.8, 4) is 5.75 Å². The van der Waals surface area contributed by atoms with E-state index < -0.39 is 48.4 Å². The Morgan fingerprint density at radius 1 is 1.26 bits per heavy atom. The van der Waals surface area contributed by atoms with Crippen LogP contribution in [0.2, 0.25) is 0 Å². The number of amides is 3. The third kappa shape index (κ3) is 5.68. The Hall–Kier alpha value is -3.34. The molecule has 206 valence electrons. The Labute approximate surface area is 234 Å². The van der Waals surface area contributed by atoms with E-state index in [1.807, 2.05) is 25.1 Å². The van der Waals surface area contributed by atoms with E-state index in [4.69, 9.17) is 0 Å². The van der Waals surface area contributed by atoms with Crippen LogP contribution in [0.1, 0.15) is 43.9 Å². The SMILES string of the molecule is CCC1=C([C@H](O)CC/C(=C/c2cc(Br)ccc2O)c2ccccn2)[C@H](CO)[C@@H]2C(=O)N(C(=O)OC)C(=O)[C@@H]2C1. The summed E-state index contributed by atoms with van der Waals surface area (Å²) in [7, 11) is 1.10. The molecule has 3 amide bonds. The Balaban J connectivity index is 1.65. The molecule has 9 nitrogen and oxygen atoms in total. The van der Waals surface area contributed by atoms with Gasteiger partial charge in [0.05, 0.1) is 37.4 Å². The third-order valence-electron chi connectivity index (χ3n) is 7.52. The second kappa shape index (κ2) is 12.2. The van der Waals surface area contributed by atoms with Crippen molar-refractivity contribution in [2.45, 2.75) is 38.7 Å². The van der Waals surface area contributed by atoms with Crippen molar-refractivity contribution >= 4 is 45.5 Å². The number of carbonyl (C=O) groups excluding carboxylic acids is 3. The van der Waals surface area contributed by atoms with Crippen LogP contribution in [0.5, 0.6) is 5.75 Å². The molecule has 2 aromatic rings. The molecule has 0 unspecified atom stereocenters. The van der Waals surface area contributed by atoms with Gasteiger partial charge in [-0.3, -0.25) is 14.6 Å². The van der Waals surface area contributed by atoms with Crippen molar-refractivity contribution in [3.63, 3.8) is 0 Å². The minimum atomic E-state index is -1.04. The fourth-order valence-electron chi connectivity index (χ4n) is 5.67. The number of imide groups is 3. The summed E-state index contributed by atoms with van der Waals surface area (Å²) in [5.41, 5.74) is 3.38. The first-order chi connectivity index (χ1) is 18.7. The van der Waals surface area contributed by atoms with Crippen molar-refractivity contribution in [2.75, 3.05) is 13.7 Å². The van der Waals surface area contributed by atoms with Crippen LogP contribution < -0.4 is 0 Å². The van der Waals surface area contributed by atoms with Crippen molar-refractivity contribution in [1.82, 2.24) is 9.88 Å². The van der Waals surface area contributed by atoms with Crippen LogP contribution in [0.25, 0.3) is 11.6 Å². The highest BCUT2D eigenvalue weighted by molar-refractivity contribution is 9.10. The molecule has 4 rings (SSSR count). The summed E-state index contributed by atoms with van der Waals surface area (Å²) in [6, 6.07) is 10.6. The predicted octanol–water partition coefficient (Wildman–Crippen LogP) is 4.32. The number of aromatic hydroxyl groups is 1. The number of carbonyl (C=O) groups is 3. The van der Waals surface area contributed by atoms with Gasteiger partial charge in [-0.15, -0.1) is 0 Å². The van der Waals surface area contributed by atoms with E-state index in [1.54, 1.807) is 30.5 Å². The quantitative estimate of drug-likeness (QED) is 0.302. The van der Waals surface area contributed by atoms with E-state index in [1.165, 1.54) is 0 Å². The van der Waals surface area contributed by atoms with Gasteiger partial charge >= 0.3 is 6.09 Å². The number of allylic oxidation sites excluding steroid dienone is 2. The first kappa shape index (κ1) is 28.7. The van der Waals surface area contributed by atoms with Crippen LogP contribution in [0.15, 0.2) is 58.2 Å². The molecule has 39 heavy (non-hydrogen) atoms. The first-order valence-corrected chi connectivity index (χ1v) is 13.6. The van der Waals surface area contributed by atoms with Gasteiger partial charge in [0.25, 0.3) is 0 Å². The molecule has 2 heterocycles. The summed E-state index contributed by atoms with van der Waals surface area (Å²) >= 11 is 3.43. The normalized spacial score (nSPS) is 22.2. The third-order valence-corrected chi connectivity index (χ3v) is 8.02. The topological polar surface area (TPSA) is 137 Å². The molecule has 1 saturated heterocycles. The second-order valence-electron chi connectivity index (χ2n) is 9.66. The zero-order chi connectivity index (χ0) is 28.3. The summed E-state index contributed by atoms with van der Waals surface area (Å²) in [6.45, 7) is 1.44.